The number of nitrogens with one attached hydrogen (secondary N) is 2. The molecule has 134 valence electrons. The van der Waals surface area contributed by atoms with E-state index in [-0.39, 0.29) is 5.91 Å². The van der Waals surface area contributed by atoms with E-state index in [1.165, 1.54) is 6.42 Å². The minimum absolute atomic E-state index is 0.0289. The minimum Gasteiger partial charge on any atom is -0.459 e. The summed E-state index contributed by atoms with van der Waals surface area (Å²) < 4.78 is 5.80. The van der Waals surface area contributed by atoms with Crippen molar-refractivity contribution >= 4 is 17.5 Å². The van der Waals surface area contributed by atoms with E-state index in [2.05, 4.69) is 15.5 Å². The Kier molecular flexibility index (Phi) is 6.13. The summed E-state index contributed by atoms with van der Waals surface area (Å²) in [4.78, 5) is 14.4. The summed E-state index contributed by atoms with van der Waals surface area (Å²) in [6, 6.07) is 11.8. The number of halogens is 1. The Bertz CT molecular complexity index is 699. The van der Waals surface area contributed by atoms with Gasteiger partial charge in [-0.1, -0.05) is 11.6 Å². The van der Waals surface area contributed by atoms with Crippen molar-refractivity contribution in [2.24, 2.45) is 0 Å². The number of rotatable bonds is 6. The van der Waals surface area contributed by atoms with Gasteiger partial charge in [-0.2, -0.15) is 0 Å². The number of likely N-dealkylation sites (tertiary alicyclic amines) is 1. The first-order chi connectivity index (χ1) is 12.1. The number of benzene rings is 1. The lowest BCUT2D eigenvalue weighted by Crippen LogP contribution is -2.47. The molecule has 1 amide bonds. The fourth-order valence-corrected chi connectivity index (χ4v) is 3.25. The van der Waals surface area contributed by atoms with Gasteiger partial charge in [0.2, 0.25) is 5.91 Å². The molecule has 0 radical (unpaired) electrons. The Balaban J connectivity index is 1.48. The van der Waals surface area contributed by atoms with Gasteiger partial charge in [0.1, 0.15) is 11.5 Å². The molecule has 2 aromatic rings. The standard InChI is InChI=1S/C19H24ClN3O2/c1-21-16-3-2-10-23(12-16)13-19(24)22-11-17-8-9-18(25-17)14-4-6-15(20)7-5-14/h4-9,16,21H,2-3,10-13H2,1H3,(H,22,24). The summed E-state index contributed by atoms with van der Waals surface area (Å²) in [7, 11) is 1.98. The molecule has 0 bridgehead atoms. The highest BCUT2D eigenvalue weighted by Gasteiger charge is 2.20. The van der Waals surface area contributed by atoms with Crippen LogP contribution in [0.15, 0.2) is 40.8 Å². The molecule has 0 spiro atoms. The van der Waals surface area contributed by atoms with Crippen LogP contribution in [0.1, 0.15) is 18.6 Å². The van der Waals surface area contributed by atoms with Crippen molar-refractivity contribution < 1.29 is 9.21 Å². The van der Waals surface area contributed by atoms with Gasteiger partial charge in [0.15, 0.2) is 0 Å². The molecular weight excluding hydrogens is 338 g/mol. The molecule has 2 heterocycles. The molecule has 0 saturated carbocycles. The SMILES string of the molecule is CNC1CCCN(CC(=O)NCc2ccc(-c3ccc(Cl)cc3)o2)C1. The zero-order valence-electron chi connectivity index (χ0n) is 14.4. The smallest absolute Gasteiger partial charge is 0.234 e. The number of nitrogens with zero attached hydrogens (tertiary/aromatic N) is 1. The number of hydrogen-bond acceptors (Lipinski definition) is 4. The lowest BCUT2D eigenvalue weighted by Gasteiger charge is -2.31. The predicted octanol–water partition coefficient (Wildman–Crippen LogP) is 2.90. The summed E-state index contributed by atoms with van der Waals surface area (Å²) >= 11 is 5.90. The van der Waals surface area contributed by atoms with Crippen molar-refractivity contribution in [3.8, 4) is 11.3 Å². The Morgan fingerprint density at radius 3 is 2.84 bits per heavy atom. The maximum absolute atomic E-state index is 12.2. The van der Waals surface area contributed by atoms with E-state index in [9.17, 15) is 4.79 Å². The van der Waals surface area contributed by atoms with Gasteiger partial charge in [0, 0.05) is 23.2 Å². The lowest BCUT2D eigenvalue weighted by atomic mass is 10.1. The van der Waals surface area contributed by atoms with Crippen LogP contribution in [0.25, 0.3) is 11.3 Å². The fourth-order valence-electron chi connectivity index (χ4n) is 3.12. The molecule has 1 unspecified atom stereocenters. The van der Waals surface area contributed by atoms with Gasteiger partial charge in [-0.3, -0.25) is 9.69 Å². The third-order valence-electron chi connectivity index (χ3n) is 4.53. The molecule has 1 aromatic carbocycles. The molecule has 0 aliphatic carbocycles. The predicted molar refractivity (Wildman–Crippen MR) is 99.5 cm³/mol. The number of hydrogen-bond donors (Lipinski definition) is 2. The largest absolute Gasteiger partial charge is 0.459 e. The van der Waals surface area contributed by atoms with Crippen molar-refractivity contribution in [3.63, 3.8) is 0 Å². The summed E-state index contributed by atoms with van der Waals surface area (Å²) in [5, 5.41) is 6.92. The second kappa shape index (κ2) is 8.52. The number of amides is 1. The van der Waals surface area contributed by atoms with E-state index < -0.39 is 0 Å². The van der Waals surface area contributed by atoms with Gasteiger partial charge in [0.25, 0.3) is 0 Å². The van der Waals surface area contributed by atoms with Crippen LogP contribution < -0.4 is 10.6 Å². The fraction of sp³-hybridized carbons (Fsp3) is 0.421. The molecule has 1 fully saturated rings. The monoisotopic (exact) mass is 361 g/mol. The van der Waals surface area contributed by atoms with E-state index in [1.807, 2.05) is 43.4 Å². The van der Waals surface area contributed by atoms with Crippen LogP contribution >= 0.6 is 11.6 Å². The molecule has 1 atom stereocenters. The summed E-state index contributed by atoms with van der Waals surface area (Å²) in [5.41, 5.74) is 0.966. The first-order valence-corrected chi connectivity index (χ1v) is 9.03. The highest BCUT2D eigenvalue weighted by Crippen LogP contribution is 2.23. The van der Waals surface area contributed by atoms with Crippen molar-refractivity contribution in [2.45, 2.75) is 25.4 Å². The third kappa shape index (κ3) is 5.08. The van der Waals surface area contributed by atoms with Crippen LogP contribution in [-0.4, -0.2) is 43.5 Å². The number of carbonyl (C=O) groups excluding carboxylic acids is 1. The molecule has 1 saturated heterocycles. The molecule has 1 aromatic heterocycles. The highest BCUT2D eigenvalue weighted by molar-refractivity contribution is 6.30. The van der Waals surface area contributed by atoms with Crippen LogP contribution in [0, 0.1) is 0 Å². The van der Waals surface area contributed by atoms with Gasteiger partial charge in [0.05, 0.1) is 13.1 Å². The Hall–Kier alpha value is -1.82. The zero-order chi connectivity index (χ0) is 17.6. The highest BCUT2D eigenvalue weighted by atomic mass is 35.5. The van der Waals surface area contributed by atoms with Gasteiger partial charge >= 0.3 is 0 Å². The van der Waals surface area contributed by atoms with Crippen LogP contribution in [0.3, 0.4) is 0 Å². The number of carbonyl (C=O) groups is 1. The van der Waals surface area contributed by atoms with E-state index in [1.54, 1.807) is 0 Å². The van der Waals surface area contributed by atoms with Gasteiger partial charge in [-0.05, 0) is 62.8 Å². The van der Waals surface area contributed by atoms with Crippen LogP contribution in [0.2, 0.25) is 5.02 Å². The van der Waals surface area contributed by atoms with Crippen LogP contribution in [0.5, 0.6) is 0 Å². The van der Waals surface area contributed by atoms with Crippen molar-refractivity contribution in [2.75, 3.05) is 26.7 Å². The number of likely N-dealkylation sites (N-methyl/N-ethyl adjacent to an activating group) is 1. The second-order valence-corrected chi connectivity index (χ2v) is 6.85. The molecular formula is C19H24ClN3O2. The third-order valence-corrected chi connectivity index (χ3v) is 4.78. The maximum Gasteiger partial charge on any atom is 0.234 e. The Labute approximate surface area is 153 Å². The molecule has 3 rings (SSSR count). The molecule has 2 N–H and O–H groups in total. The van der Waals surface area contributed by atoms with Crippen molar-refractivity contribution in [1.82, 2.24) is 15.5 Å². The Morgan fingerprint density at radius 1 is 1.28 bits per heavy atom. The van der Waals surface area contributed by atoms with Crippen molar-refractivity contribution in [3.05, 3.63) is 47.2 Å². The molecule has 1 aliphatic rings. The van der Waals surface area contributed by atoms with Crippen LogP contribution in [-0.2, 0) is 11.3 Å². The maximum atomic E-state index is 12.2. The Morgan fingerprint density at radius 2 is 2.08 bits per heavy atom. The zero-order valence-corrected chi connectivity index (χ0v) is 15.2. The summed E-state index contributed by atoms with van der Waals surface area (Å²) in [6.45, 7) is 2.73. The quantitative estimate of drug-likeness (QED) is 0.830. The average Bonchev–Trinajstić information content (AvgIpc) is 3.10. The van der Waals surface area contributed by atoms with E-state index in [0.29, 0.717) is 24.2 Å². The average molecular weight is 362 g/mol. The first-order valence-electron chi connectivity index (χ1n) is 8.65. The van der Waals surface area contributed by atoms with Crippen LogP contribution in [0.4, 0.5) is 0 Å². The molecule has 1 aliphatic heterocycles. The van der Waals surface area contributed by atoms with E-state index in [4.69, 9.17) is 16.0 Å². The topological polar surface area (TPSA) is 57.5 Å². The number of furan rings is 1. The van der Waals surface area contributed by atoms with Gasteiger partial charge < -0.3 is 15.1 Å². The van der Waals surface area contributed by atoms with Gasteiger partial charge in [-0.25, -0.2) is 0 Å². The molecule has 5 nitrogen and oxygen atoms in total. The normalized spacial score (nSPS) is 18.2. The van der Waals surface area contributed by atoms with E-state index in [0.717, 1.165) is 36.6 Å². The molecule has 25 heavy (non-hydrogen) atoms. The second-order valence-electron chi connectivity index (χ2n) is 6.41. The first kappa shape index (κ1) is 18.0. The number of piperidine rings is 1. The molecule has 6 heteroatoms. The minimum atomic E-state index is 0.0289. The summed E-state index contributed by atoms with van der Waals surface area (Å²) in [5.74, 6) is 1.54. The van der Waals surface area contributed by atoms with Gasteiger partial charge in [-0.15, -0.1) is 0 Å². The summed E-state index contributed by atoms with van der Waals surface area (Å²) in [6.07, 6.45) is 2.30. The van der Waals surface area contributed by atoms with E-state index >= 15 is 0 Å². The van der Waals surface area contributed by atoms with Crippen molar-refractivity contribution in [1.29, 1.82) is 0 Å². The lowest BCUT2D eigenvalue weighted by molar-refractivity contribution is -0.122.